The van der Waals surface area contributed by atoms with Gasteiger partial charge in [0.05, 0.1) is 7.11 Å². The summed E-state index contributed by atoms with van der Waals surface area (Å²) in [5, 5.41) is 0. The van der Waals surface area contributed by atoms with Gasteiger partial charge in [-0.25, -0.2) is 0 Å². The molecular weight excluding hydrogens is 324 g/mol. The van der Waals surface area contributed by atoms with E-state index < -0.39 is 5.60 Å². The maximum absolute atomic E-state index is 11.8. The van der Waals surface area contributed by atoms with Crippen molar-refractivity contribution in [2.75, 3.05) is 7.11 Å². The van der Waals surface area contributed by atoms with Gasteiger partial charge in [-0.15, -0.1) is 6.42 Å². The lowest BCUT2D eigenvalue weighted by molar-refractivity contribution is -0.165. The summed E-state index contributed by atoms with van der Waals surface area (Å²) in [6.45, 7) is 3.75. The minimum Gasteiger partial charge on any atom is -0.497 e. The van der Waals surface area contributed by atoms with Crippen LogP contribution in [0.1, 0.15) is 63.0 Å². The van der Waals surface area contributed by atoms with Gasteiger partial charge < -0.3 is 9.47 Å². The highest BCUT2D eigenvalue weighted by molar-refractivity contribution is 5.67. The Kier molecular flexibility index (Phi) is 4.06. The Balaban J connectivity index is 1.68. The van der Waals surface area contributed by atoms with Gasteiger partial charge in [0.15, 0.2) is 5.60 Å². The summed E-state index contributed by atoms with van der Waals surface area (Å²) in [6.07, 6.45) is 12.2. The number of benzene rings is 1. The number of methoxy groups -OCH3 is 1. The molecule has 0 amide bonds. The third-order valence-corrected chi connectivity index (χ3v) is 7.60. The van der Waals surface area contributed by atoms with E-state index in [4.69, 9.17) is 15.9 Å². The van der Waals surface area contributed by atoms with Crippen LogP contribution in [-0.4, -0.2) is 18.7 Å². The standard InChI is InChI=1S/C23H28O3/c1-5-23(26-15(2)24)13-11-21-20-8-6-16-14-17(25-4)7-9-18(16)19(20)10-12-22(21,23)3/h1,7,9,14,19-21H,6,8,10-13H2,2-4H3/t19-,20-,21-,22-,23+/m0/s1. The third-order valence-electron chi connectivity index (χ3n) is 7.60. The minimum atomic E-state index is -0.728. The van der Waals surface area contributed by atoms with Crippen LogP contribution >= 0.6 is 0 Å². The van der Waals surface area contributed by atoms with Crippen LogP contribution in [0.25, 0.3) is 0 Å². The molecule has 26 heavy (non-hydrogen) atoms. The van der Waals surface area contributed by atoms with Crippen molar-refractivity contribution in [3.05, 3.63) is 29.3 Å². The summed E-state index contributed by atoms with van der Waals surface area (Å²) < 4.78 is 11.2. The number of terminal acetylenes is 1. The van der Waals surface area contributed by atoms with E-state index in [9.17, 15) is 4.79 Å². The fraction of sp³-hybridized carbons (Fsp3) is 0.609. The van der Waals surface area contributed by atoms with Crippen LogP contribution in [0.15, 0.2) is 18.2 Å². The molecule has 0 radical (unpaired) electrons. The number of carbonyl (C=O) groups is 1. The Hall–Kier alpha value is -1.95. The number of fused-ring (bicyclic) bond motifs is 5. The largest absolute Gasteiger partial charge is 0.497 e. The van der Waals surface area contributed by atoms with E-state index in [1.54, 1.807) is 7.11 Å². The number of carbonyl (C=O) groups excluding carboxylic acids is 1. The number of hydrogen-bond donors (Lipinski definition) is 0. The second-order valence-electron chi connectivity index (χ2n) is 8.54. The van der Waals surface area contributed by atoms with Crippen LogP contribution in [0.3, 0.4) is 0 Å². The summed E-state index contributed by atoms with van der Waals surface area (Å²) in [5.41, 5.74) is 2.10. The van der Waals surface area contributed by atoms with E-state index >= 15 is 0 Å². The molecule has 3 aliphatic carbocycles. The number of esters is 1. The molecule has 1 aromatic rings. The summed E-state index contributed by atoms with van der Waals surface area (Å²) >= 11 is 0. The molecule has 0 aromatic heterocycles. The monoisotopic (exact) mass is 352 g/mol. The topological polar surface area (TPSA) is 35.5 Å². The molecule has 0 saturated heterocycles. The molecule has 0 spiro atoms. The zero-order valence-corrected chi connectivity index (χ0v) is 16.0. The van der Waals surface area contributed by atoms with E-state index in [1.165, 1.54) is 24.5 Å². The Morgan fingerprint density at radius 2 is 2.08 bits per heavy atom. The van der Waals surface area contributed by atoms with Crippen molar-refractivity contribution >= 4 is 5.97 Å². The van der Waals surface area contributed by atoms with Crippen molar-refractivity contribution in [1.29, 1.82) is 0 Å². The fourth-order valence-corrected chi connectivity index (χ4v) is 6.36. The van der Waals surface area contributed by atoms with Crippen LogP contribution in [-0.2, 0) is 16.0 Å². The third kappa shape index (κ3) is 2.31. The smallest absolute Gasteiger partial charge is 0.304 e. The molecule has 0 aliphatic heterocycles. The van der Waals surface area contributed by atoms with E-state index in [2.05, 4.69) is 31.0 Å². The normalized spacial score (nSPS) is 37.7. The van der Waals surface area contributed by atoms with Gasteiger partial charge in [0.1, 0.15) is 5.75 Å². The van der Waals surface area contributed by atoms with Crippen LogP contribution < -0.4 is 4.74 Å². The van der Waals surface area contributed by atoms with Gasteiger partial charge in [0.2, 0.25) is 0 Å². The van der Waals surface area contributed by atoms with Crippen molar-refractivity contribution in [2.24, 2.45) is 17.3 Å². The summed E-state index contributed by atoms with van der Waals surface area (Å²) in [7, 11) is 1.73. The van der Waals surface area contributed by atoms with Crippen molar-refractivity contribution in [2.45, 2.75) is 63.9 Å². The van der Waals surface area contributed by atoms with Crippen molar-refractivity contribution in [3.8, 4) is 18.1 Å². The molecule has 0 bridgehead atoms. The lowest BCUT2D eigenvalue weighted by atomic mass is 9.53. The molecule has 3 aliphatic rings. The Morgan fingerprint density at radius 1 is 1.27 bits per heavy atom. The summed E-state index contributed by atoms with van der Waals surface area (Å²) in [6, 6.07) is 6.57. The van der Waals surface area contributed by atoms with E-state index in [0.29, 0.717) is 17.8 Å². The van der Waals surface area contributed by atoms with Gasteiger partial charge in [-0.2, -0.15) is 0 Å². The lowest BCUT2D eigenvalue weighted by Gasteiger charge is -2.52. The first-order valence-corrected chi connectivity index (χ1v) is 9.78. The van der Waals surface area contributed by atoms with Gasteiger partial charge in [-0.05, 0) is 79.5 Å². The fourth-order valence-electron chi connectivity index (χ4n) is 6.36. The first-order chi connectivity index (χ1) is 12.4. The van der Waals surface area contributed by atoms with Gasteiger partial charge in [-0.3, -0.25) is 4.79 Å². The Labute approximate surface area is 156 Å². The highest BCUT2D eigenvalue weighted by Gasteiger charge is 2.63. The maximum Gasteiger partial charge on any atom is 0.304 e. The molecule has 4 rings (SSSR count). The molecule has 5 atom stereocenters. The molecule has 1 aromatic carbocycles. The van der Waals surface area contributed by atoms with Crippen LogP contribution in [0, 0.1) is 29.6 Å². The number of ether oxygens (including phenoxy) is 2. The van der Waals surface area contributed by atoms with Crippen LogP contribution in [0.5, 0.6) is 5.75 Å². The molecule has 3 nitrogen and oxygen atoms in total. The molecule has 2 saturated carbocycles. The maximum atomic E-state index is 11.8. The zero-order chi connectivity index (χ0) is 18.5. The molecule has 2 fully saturated rings. The number of aryl methyl sites for hydroxylation is 1. The van der Waals surface area contributed by atoms with E-state index in [0.717, 1.165) is 37.9 Å². The summed E-state index contributed by atoms with van der Waals surface area (Å²) in [5.74, 6) is 5.35. The molecule has 3 heteroatoms. The average molecular weight is 352 g/mol. The van der Waals surface area contributed by atoms with Crippen molar-refractivity contribution in [3.63, 3.8) is 0 Å². The minimum absolute atomic E-state index is 0.113. The SMILES string of the molecule is C#C[C@@]1(OC(C)=O)CC[C@H]2[C@H]3CCc4cc(OC)ccc4[C@@H]3CC[C@@]21C. The van der Waals surface area contributed by atoms with Gasteiger partial charge in [-0.1, -0.05) is 18.9 Å². The number of rotatable bonds is 2. The average Bonchev–Trinajstić information content (AvgIpc) is 2.93. The quantitative estimate of drug-likeness (QED) is 0.581. The highest BCUT2D eigenvalue weighted by atomic mass is 16.6. The zero-order valence-electron chi connectivity index (χ0n) is 16.0. The molecule has 0 unspecified atom stereocenters. The molecular formula is C23H28O3. The van der Waals surface area contributed by atoms with E-state index in [-0.39, 0.29) is 11.4 Å². The van der Waals surface area contributed by atoms with Crippen molar-refractivity contribution in [1.82, 2.24) is 0 Å². The highest BCUT2D eigenvalue weighted by Crippen LogP contribution is 2.65. The first kappa shape index (κ1) is 17.5. The van der Waals surface area contributed by atoms with Gasteiger partial charge in [0.25, 0.3) is 0 Å². The van der Waals surface area contributed by atoms with Crippen LogP contribution in [0.2, 0.25) is 0 Å². The van der Waals surface area contributed by atoms with Crippen molar-refractivity contribution < 1.29 is 14.3 Å². The second-order valence-corrected chi connectivity index (χ2v) is 8.54. The Bertz CT molecular complexity index is 776. The first-order valence-electron chi connectivity index (χ1n) is 9.78. The van der Waals surface area contributed by atoms with E-state index in [1.807, 2.05) is 0 Å². The van der Waals surface area contributed by atoms with Gasteiger partial charge >= 0.3 is 5.97 Å². The second kappa shape index (κ2) is 6.05. The predicted octanol–water partition coefficient (Wildman–Crippen LogP) is 4.49. The molecule has 0 heterocycles. The Morgan fingerprint density at radius 3 is 2.77 bits per heavy atom. The van der Waals surface area contributed by atoms with Crippen LogP contribution in [0.4, 0.5) is 0 Å². The predicted molar refractivity (Wildman–Crippen MR) is 101 cm³/mol. The lowest BCUT2D eigenvalue weighted by Crippen LogP contribution is -2.52. The summed E-state index contributed by atoms with van der Waals surface area (Å²) in [4.78, 5) is 11.8. The number of hydrogen-bond acceptors (Lipinski definition) is 3. The molecule has 138 valence electrons. The molecule has 0 N–H and O–H groups in total. The van der Waals surface area contributed by atoms with Gasteiger partial charge in [0, 0.05) is 12.3 Å².